The molecule has 4 aromatic rings. The van der Waals surface area contributed by atoms with Crippen LogP contribution in [0.4, 0.5) is 5.95 Å². The summed E-state index contributed by atoms with van der Waals surface area (Å²) in [5, 5.41) is 0. The number of fused-ring (bicyclic) bond motifs is 1. The Balaban J connectivity index is 2.06. The second-order valence-electron chi connectivity index (χ2n) is 5.41. The fourth-order valence-corrected chi connectivity index (χ4v) is 2.61. The molecule has 0 radical (unpaired) electrons. The molecule has 23 heavy (non-hydrogen) atoms. The third kappa shape index (κ3) is 2.32. The Bertz CT molecular complexity index is 972. The molecule has 0 spiro atoms. The Kier molecular flexibility index (Phi) is 3.05. The Morgan fingerprint density at radius 1 is 0.913 bits per heavy atom. The van der Waals surface area contributed by atoms with E-state index < -0.39 is 0 Å². The predicted octanol–water partition coefficient (Wildman–Crippen LogP) is 3.37. The molecule has 0 saturated carbocycles. The Labute approximate surface area is 133 Å². The van der Waals surface area contributed by atoms with Gasteiger partial charge in [-0.1, -0.05) is 48.0 Å². The molecule has 0 unspecified atom stereocenters. The van der Waals surface area contributed by atoms with Crippen molar-refractivity contribution in [2.75, 3.05) is 5.73 Å². The first-order valence-corrected chi connectivity index (χ1v) is 7.36. The van der Waals surface area contributed by atoms with Crippen molar-refractivity contribution in [1.82, 2.24) is 19.5 Å². The van der Waals surface area contributed by atoms with E-state index in [4.69, 9.17) is 10.7 Å². The number of benzene rings is 2. The van der Waals surface area contributed by atoms with Crippen molar-refractivity contribution in [3.05, 3.63) is 66.4 Å². The first kappa shape index (κ1) is 13.5. The van der Waals surface area contributed by atoms with Crippen LogP contribution in [0.5, 0.6) is 0 Å². The molecule has 0 fully saturated rings. The number of nitrogens with zero attached hydrogens (tertiary/aromatic N) is 4. The van der Waals surface area contributed by atoms with Crippen LogP contribution >= 0.6 is 0 Å². The SMILES string of the molecule is Cc1ccc(-n2c(-c3ccccc3)nc3cnc(N)nc32)cc1. The maximum Gasteiger partial charge on any atom is 0.222 e. The van der Waals surface area contributed by atoms with Gasteiger partial charge < -0.3 is 5.73 Å². The zero-order valence-electron chi connectivity index (χ0n) is 12.6. The van der Waals surface area contributed by atoms with Crippen molar-refractivity contribution >= 4 is 17.1 Å². The van der Waals surface area contributed by atoms with Crippen LogP contribution in [0.15, 0.2) is 60.8 Å². The van der Waals surface area contributed by atoms with Crippen LogP contribution in [0.25, 0.3) is 28.2 Å². The fraction of sp³-hybridized carbons (Fsp3) is 0.0556. The molecule has 112 valence electrons. The van der Waals surface area contributed by atoms with Crippen molar-refractivity contribution < 1.29 is 0 Å². The topological polar surface area (TPSA) is 69.6 Å². The summed E-state index contributed by atoms with van der Waals surface area (Å²) in [6, 6.07) is 18.3. The number of hydrogen-bond donors (Lipinski definition) is 1. The Hall–Kier alpha value is -3.21. The van der Waals surface area contributed by atoms with E-state index in [1.165, 1.54) is 5.56 Å². The minimum absolute atomic E-state index is 0.241. The van der Waals surface area contributed by atoms with Gasteiger partial charge in [-0.25, -0.2) is 9.97 Å². The van der Waals surface area contributed by atoms with Gasteiger partial charge in [-0.3, -0.25) is 4.57 Å². The van der Waals surface area contributed by atoms with Gasteiger partial charge in [-0.2, -0.15) is 4.98 Å². The molecule has 0 saturated heterocycles. The quantitative estimate of drug-likeness (QED) is 0.616. The molecule has 2 N–H and O–H groups in total. The summed E-state index contributed by atoms with van der Waals surface area (Å²) < 4.78 is 2.02. The molecule has 5 heteroatoms. The smallest absolute Gasteiger partial charge is 0.222 e. The van der Waals surface area contributed by atoms with Crippen molar-refractivity contribution in [3.63, 3.8) is 0 Å². The lowest BCUT2D eigenvalue weighted by Gasteiger charge is -2.09. The number of nitrogens with two attached hydrogens (primary N) is 1. The molecule has 0 aliphatic rings. The first-order chi connectivity index (χ1) is 11.2. The molecule has 0 atom stereocenters. The van der Waals surface area contributed by atoms with E-state index in [1.54, 1.807) is 6.20 Å². The second kappa shape index (κ2) is 5.21. The fourth-order valence-electron chi connectivity index (χ4n) is 2.61. The molecule has 4 rings (SSSR count). The molecular formula is C18H15N5. The van der Waals surface area contributed by atoms with Gasteiger partial charge in [0.1, 0.15) is 11.3 Å². The predicted molar refractivity (Wildman–Crippen MR) is 91.2 cm³/mol. The lowest BCUT2D eigenvalue weighted by atomic mass is 10.2. The number of aromatic nitrogens is 4. The maximum atomic E-state index is 5.78. The summed E-state index contributed by atoms with van der Waals surface area (Å²) in [6.45, 7) is 2.06. The molecular weight excluding hydrogens is 286 g/mol. The van der Waals surface area contributed by atoms with Crippen molar-refractivity contribution in [1.29, 1.82) is 0 Å². The third-order valence-electron chi connectivity index (χ3n) is 3.74. The highest BCUT2D eigenvalue weighted by molar-refractivity contribution is 5.80. The average molecular weight is 301 g/mol. The highest BCUT2D eigenvalue weighted by atomic mass is 15.2. The summed E-state index contributed by atoms with van der Waals surface area (Å²) in [5.41, 5.74) is 10.4. The standard InChI is InChI=1S/C18H15N5/c1-12-7-9-14(10-8-12)23-16(13-5-3-2-4-6-13)21-15-11-20-18(19)22-17(15)23/h2-11H,1H3,(H2,19,20,22). The Morgan fingerprint density at radius 2 is 1.65 bits per heavy atom. The van der Waals surface area contributed by atoms with Crippen molar-refractivity contribution in [2.45, 2.75) is 6.92 Å². The highest BCUT2D eigenvalue weighted by Gasteiger charge is 2.15. The van der Waals surface area contributed by atoms with Crippen LogP contribution in [0, 0.1) is 6.92 Å². The number of nitrogen functional groups attached to an aromatic ring is 1. The zero-order chi connectivity index (χ0) is 15.8. The molecule has 0 bridgehead atoms. The number of rotatable bonds is 2. The van der Waals surface area contributed by atoms with E-state index >= 15 is 0 Å². The van der Waals surface area contributed by atoms with Crippen molar-refractivity contribution in [2.24, 2.45) is 0 Å². The molecule has 2 heterocycles. The largest absolute Gasteiger partial charge is 0.368 e. The maximum absolute atomic E-state index is 5.78. The summed E-state index contributed by atoms with van der Waals surface area (Å²) in [4.78, 5) is 13.1. The van der Waals surface area contributed by atoms with Crippen LogP contribution < -0.4 is 5.73 Å². The molecule has 2 aromatic heterocycles. The van der Waals surface area contributed by atoms with E-state index in [9.17, 15) is 0 Å². The van der Waals surface area contributed by atoms with Gasteiger partial charge in [0.25, 0.3) is 0 Å². The van der Waals surface area contributed by atoms with Gasteiger partial charge in [0.05, 0.1) is 6.20 Å². The number of hydrogen-bond acceptors (Lipinski definition) is 4. The van der Waals surface area contributed by atoms with Gasteiger partial charge in [-0.15, -0.1) is 0 Å². The van der Waals surface area contributed by atoms with Gasteiger partial charge in [0, 0.05) is 11.3 Å². The minimum atomic E-state index is 0.241. The molecule has 0 amide bonds. The molecule has 0 aliphatic carbocycles. The van der Waals surface area contributed by atoms with Crippen molar-refractivity contribution in [3.8, 4) is 17.1 Å². The van der Waals surface area contributed by atoms with E-state index in [2.05, 4.69) is 41.2 Å². The van der Waals surface area contributed by atoms with Gasteiger partial charge >= 0.3 is 0 Å². The van der Waals surface area contributed by atoms with E-state index in [0.717, 1.165) is 22.6 Å². The van der Waals surface area contributed by atoms with Crippen LogP contribution in [0.2, 0.25) is 0 Å². The van der Waals surface area contributed by atoms with Crippen LogP contribution in [-0.2, 0) is 0 Å². The Morgan fingerprint density at radius 3 is 2.39 bits per heavy atom. The van der Waals surface area contributed by atoms with Crippen LogP contribution in [0.3, 0.4) is 0 Å². The lowest BCUT2D eigenvalue weighted by Crippen LogP contribution is -2.01. The van der Waals surface area contributed by atoms with Crippen LogP contribution in [0.1, 0.15) is 5.56 Å². The number of imidazole rings is 1. The molecule has 5 nitrogen and oxygen atoms in total. The minimum Gasteiger partial charge on any atom is -0.368 e. The number of anilines is 1. The third-order valence-corrected chi connectivity index (χ3v) is 3.74. The first-order valence-electron chi connectivity index (χ1n) is 7.36. The monoisotopic (exact) mass is 301 g/mol. The van der Waals surface area contributed by atoms with E-state index in [1.807, 2.05) is 34.9 Å². The zero-order valence-corrected chi connectivity index (χ0v) is 12.6. The van der Waals surface area contributed by atoms with E-state index in [0.29, 0.717) is 5.65 Å². The second-order valence-corrected chi connectivity index (χ2v) is 5.41. The summed E-state index contributed by atoms with van der Waals surface area (Å²) in [5.74, 6) is 1.06. The average Bonchev–Trinajstić information content (AvgIpc) is 2.95. The summed E-state index contributed by atoms with van der Waals surface area (Å²) in [6.07, 6.45) is 1.66. The normalized spacial score (nSPS) is 11.0. The molecule has 2 aromatic carbocycles. The van der Waals surface area contributed by atoms with Gasteiger partial charge in [-0.05, 0) is 19.1 Å². The van der Waals surface area contributed by atoms with Gasteiger partial charge in [0.15, 0.2) is 5.65 Å². The summed E-state index contributed by atoms with van der Waals surface area (Å²) >= 11 is 0. The number of aryl methyl sites for hydroxylation is 1. The van der Waals surface area contributed by atoms with Gasteiger partial charge in [0.2, 0.25) is 5.95 Å². The highest BCUT2D eigenvalue weighted by Crippen LogP contribution is 2.27. The van der Waals surface area contributed by atoms with Crippen LogP contribution in [-0.4, -0.2) is 19.5 Å². The summed E-state index contributed by atoms with van der Waals surface area (Å²) in [7, 11) is 0. The lowest BCUT2D eigenvalue weighted by molar-refractivity contribution is 1.07. The van der Waals surface area contributed by atoms with E-state index in [-0.39, 0.29) is 5.95 Å². The molecule has 0 aliphatic heterocycles.